The van der Waals surface area contributed by atoms with E-state index in [4.69, 9.17) is 5.73 Å². The van der Waals surface area contributed by atoms with Crippen LogP contribution in [-0.4, -0.2) is 28.2 Å². The number of allylic oxidation sites excluding steroid dienone is 2. The fourth-order valence-electron chi connectivity index (χ4n) is 3.99. The van der Waals surface area contributed by atoms with Gasteiger partial charge in [0.2, 0.25) is 5.91 Å². The fraction of sp³-hybridized carbons (Fsp3) is 0.609. The quantitative estimate of drug-likeness (QED) is 0.641. The van der Waals surface area contributed by atoms with Crippen LogP contribution >= 0.6 is 0 Å². The number of nitrogens with one attached hydrogen (secondary N) is 1. The highest BCUT2D eigenvalue weighted by molar-refractivity contribution is 5.91. The first kappa shape index (κ1) is 22.4. The van der Waals surface area contributed by atoms with E-state index in [-0.39, 0.29) is 12.5 Å². The fourth-order valence-corrected chi connectivity index (χ4v) is 3.99. The first-order valence-electron chi connectivity index (χ1n) is 10.6. The zero-order valence-electron chi connectivity index (χ0n) is 17.8. The minimum atomic E-state index is -0.640. The van der Waals surface area contributed by atoms with Gasteiger partial charge in [0.1, 0.15) is 0 Å². The van der Waals surface area contributed by atoms with Crippen molar-refractivity contribution in [1.82, 2.24) is 4.57 Å². The molecule has 4 N–H and O–H groups in total. The van der Waals surface area contributed by atoms with Gasteiger partial charge in [0.25, 0.3) is 0 Å². The number of anilines is 1. The Labute approximate surface area is 169 Å². The number of carbonyl (C=O) groups is 1. The molecule has 0 saturated heterocycles. The van der Waals surface area contributed by atoms with Crippen molar-refractivity contribution in [3.63, 3.8) is 0 Å². The molecular weight excluding hydrogens is 350 g/mol. The molecule has 1 aliphatic rings. The van der Waals surface area contributed by atoms with E-state index in [1.807, 2.05) is 37.5 Å². The second kappa shape index (κ2) is 10.6. The summed E-state index contributed by atoms with van der Waals surface area (Å²) < 4.78 is 2.00. The smallest absolute Gasteiger partial charge is 0.224 e. The minimum Gasteiger partial charge on any atom is -0.390 e. The van der Waals surface area contributed by atoms with Crippen molar-refractivity contribution in [2.75, 3.05) is 11.9 Å². The summed E-state index contributed by atoms with van der Waals surface area (Å²) in [5.41, 5.74) is 8.37. The summed E-state index contributed by atoms with van der Waals surface area (Å²) in [6.07, 6.45) is 11.4. The molecule has 1 heterocycles. The number of carbonyl (C=O) groups excluding carboxylic acids is 1. The Kier molecular flexibility index (Phi) is 8.52. The highest BCUT2D eigenvalue weighted by Crippen LogP contribution is 2.27. The largest absolute Gasteiger partial charge is 0.390 e. The molecule has 5 heteroatoms. The van der Waals surface area contributed by atoms with Crippen LogP contribution in [0.2, 0.25) is 0 Å². The zero-order valence-corrected chi connectivity index (χ0v) is 17.8. The topological polar surface area (TPSA) is 80.3 Å². The predicted molar refractivity (Wildman–Crippen MR) is 117 cm³/mol. The molecule has 0 radical (unpaired) electrons. The molecule has 1 amide bonds. The summed E-state index contributed by atoms with van der Waals surface area (Å²) in [7, 11) is 0. The molecule has 0 aromatic carbocycles. The Morgan fingerprint density at radius 2 is 2.07 bits per heavy atom. The van der Waals surface area contributed by atoms with Gasteiger partial charge in [-0.3, -0.25) is 4.79 Å². The zero-order chi connectivity index (χ0) is 20.7. The lowest BCUT2D eigenvalue weighted by molar-refractivity contribution is -0.116. The third-order valence-electron chi connectivity index (χ3n) is 5.92. The SMILES string of the molecule is C=c1c(NC(=O)CCC2CCCCC2)c(C)n(CC(O)CN)/c1=C/C(C)=C\C. The van der Waals surface area contributed by atoms with Gasteiger partial charge in [-0.2, -0.15) is 0 Å². The molecule has 1 aliphatic carbocycles. The van der Waals surface area contributed by atoms with Gasteiger partial charge in [-0.1, -0.05) is 50.3 Å². The minimum absolute atomic E-state index is 0.0457. The summed E-state index contributed by atoms with van der Waals surface area (Å²) in [5, 5.41) is 14.9. The average molecular weight is 388 g/mol. The second-order valence-corrected chi connectivity index (χ2v) is 8.09. The summed E-state index contributed by atoms with van der Waals surface area (Å²) in [6, 6.07) is 0. The Morgan fingerprint density at radius 1 is 1.39 bits per heavy atom. The molecule has 0 bridgehead atoms. The summed E-state index contributed by atoms with van der Waals surface area (Å²) in [4.78, 5) is 12.6. The molecule has 5 nitrogen and oxygen atoms in total. The monoisotopic (exact) mass is 387 g/mol. The molecular formula is C23H37N3O2. The van der Waals surface area contributed by atoms with Gasteiger partial charge >= 0.3 is 0 Å². The van der Waals surface area contributed by atoms with Crippen LogP contribution < -0.4 is 21.6 Å². The molecule has 1 atom stereocenters. The number of aromatic nitrogens is 1. The highest BCUT2D eigenvalue weighted by atomic mass is 16.3. The number of rotatable bonds is 8. The number of hydrogen-bond donors (Lipinski definition) is 3. The molecule has 0 aliphatic heterocycles. The van der Waals surface area contributed by atoms with Crippen LogP contribution in [0.1, 0.15) is 64.5 Å². The number of hydrogen-bond acceptors (Lipinski definition) is 3. The lowest BCUT2D eigenvalue weighted by atomic mass is 9.86. The lowest BCUT2D eigenvalue weighted by Crippen LogP contribution is -2.35. The van der Waals surface area contributed by atoms with Crippen molar-refractivity contribution in [3.05, 3.63) is 27.9 Å². The Hall–Kier alpha value is -1.85. The number of aliphatic hydroxyl groups is 1. The van der Waals surface area contributed by atoms with Crippen molar-refractivity contribution < 1.29 is 9.90 Å². The van der Waals surface area contributed by atoms with E-state index in [2.05, 4.69) is 11.9 Å². The Bertz CT molecular complexity index is 801. The number of aliphatic hydroxyl groups excluding tert-OH is 1. The van der Waals surface area contributed by atoms with E-state index in [9.17, 15) is 9.90 Å². The van der Waals surface area contributed by atoms with Gasteiger partial charge < -0.3 is 20.7 Å². The predicted octanol–water partition coefficient (Wildman–Crippen LogP) is 2.57. The van der Waals surface area contributed by atoms with Crippen molar-refractivity contribution >= 4 is 24.2 Å². The van der Waals surface area contributed by atoms with Crippen LogP contribution in [0, 0.1) is 12.8 Å². The average Bonchev–Trinajstić information content (AvgIpc) is 2.91. The van der Waals surface area contributed by atoms with Gasteiger partial charge in [-0.25, -0.2) is 0 Å². The van der Waals surface area contributed by atoms with E-state index < -0.39 is 6.10 Å². The van der Waals surface area contributed by atoms with Crippen LogP contribution in [0.15, 0.2) is 11.6 Å². The molecule has 1 unspecified atom stereocenters. The molecule has 1 aromatic rings. The summed E-state index contributed by atoms with van der Waals surface area (Å²) >= 11 is 0. The van der Waals surface area contributed by atoms with Crippen molar-refractivity contribution in [1.29, 1.82) is 0 Å². The first-order valence-corrected chi connectivity index (χ1v) is 10.6. The molecule has 0 spiro atoms. The molecule has 2 rings (SSSR count). The summed E-state index contributed by atoms with van der Waals surface area (Å²) in [6.45, 7) is 10.7. The van der Waals surface area contributed by atoms with Crippen molar-refractivity contribution in [2.24, 2.45) is 11.7 Å². The van der Waals surface area contributed by atoms with Crippen LogP contribution in [0.25, 0.3) is 12.7 Å². The van der Waals surface area contributed by atoms with E-state index in [0.717, 1.165) is 33.9 Å². The molecule has 1 saturated carbocycles. The molecule has 1 aromatic heterocycles. The molecule has 1 fully saturated rings. The van der Waals surface area contributed by atoms with Crippen LogP contribution in [0.3, 0.4) is 0 Å². The van der Waals surface area contributed by atoms with Crippen molar-refractivity contribution in [3.8, 4) is 0 Å². The standard InChI is InChI=1S/C23H37N3O2/c1-5-16(2)13-21-17(3)23(18(4)26(21)15-20(27)14-24)25-22(28)12-11-19-9-7-6-8-10-19/h5,13,19-20,27H,3,6-12,14-15,24H2,1-2,4H3,(H,25,28)/b16-5-,21-13+. The van der Waals surface area contributed by atoms with Gasteiger partial charge in [0.05, 0.1) is 23.7 Å². The van der Waals surface area contributed by atoms with Crippen LogP contribution in [-0.2, 0) is 11.3 Å². The number of amides is 1. The second-order valence-electron chi connectivity index (χ2n) is 8.09. The Morgan fingerprint density at radius 3 is 2.68 bits per heavy atom. The van der Waals surface area contributed by atoms with E-state index >= 15 is 0 Å². The van der Waals surface area contributed by atoms with Gasteiger partial charge in [0.15, 0.2) is 0 Å². The van der Waals surface area contributed by atoms with E-state index in [0.29, 0.717) is 18.9 Å². The lowest BCUT2D eigenvalue weighted by Gasteiger charge is -2.21. The third-order valence-corrected chi connectivity index (χ3v) is 5.92. The van der Waals surface area contributed by atoms with Gasteiger partial charge in [-0.15, -0.1) is 0 Å². The van der Waals surface area contributed by atoms with Crippen molar-refractivity contribution in [2.45, 2.75) is 78.4 Å². The Balaban J connectivity index is 2.23. The first-order chi connectivity index (χ1) is 13.4. The van der Waals surface area contributed by atoms with E-state index in [1.54, 1.807) is 0 Å². The van der Waals surface area contributed by atoms with Gasteiger partial charge in [-0.05, 0) is 39.2 Å². The maximum absolute atomic E-state index is 12.6. The molecule has 28 heavy (non-hydrogen) atoms. The van der Waals surface area contributed by atoms with Crippen LogP contribution in [0.4, 0.5) is 5.69 Å². The van der Waals surface area contributed by atoms with E-state index in [1.165, 1.54) is 32.1 Å². The number of nitrogens with zero attached hydrogens (tertiary/aromatic N) is 1. The third kappa shape index (κ3) is 5.82. The van der Waals surface area contributed by atoms with Gasteiger partial charge in [0, 0.05) is 23.9 Å². The molecule has 156 valence electrons. The van der Waals surface area contributed by atoms with Crippen LogP contribution in [0.5, 0.6) is 0 Å². The highest BCUT2D eigenvalue weighted by Gasteiger charge is 2.18. The normalized spacial score (nSPS) is 17.8. The number of nitrogens with two attached hydrogens (primary N) is 1. The summed E-state index contributed by atoms with van der Waals surface area (Å²) in [5.74, 6) is 0.731. The maximum Gasteiger partial charge on any atom is 0.224 e. The maximum atomic E-state index is 12.6.